The topological polar surface area (TPSA) is 95.2 Å². The van der Waals surface area contributed by atoms with E-state index in [-0.39, 0.29) is 12.0 Å². The van der Waals surface area contributed by atoms with Crippen LogP contribution in [0.4, 0.5) is 5.82 Å². The van der Waals surface area contributed by atoms with Gasteiger partial charge in [-0.05, 0) is 69.5 Å². The first-order chi connectivity index (χ1) is 18.8. The fraction of sp³-hybridized carbons (Fsp3) is 0.387. The lowest BCUT2D eigenvalue weighted by Crippen LogP contribution is -2.54. The van der Waals surface area contributed by atoms with Crippen LogP contribution in [0, 0.1) is 0 Å². The van der Waals surface area contributed by atoms with Crippen molar-refractivity contribution >= 4 is 22.8 Å². The van der Waals surface area contributed by atoms with E-state index >= 15 is 0 Å². The maximum atomic E-state index is 12.0. The lowest BCUT2D eigenvalue weighted by atomic mass is 9.98. The summed E-state index contributed by atoms with van der Waals surface area (Å²) in [6.07, 6.45) is 3.61. The molecule has 0 amide bonds. The maximum Gasteiger partial charge on any atom is 0.325 e. The Morgan fingerprint density at radius 2 is 1.82 bits per heavy atom. The normalized spacial score (nSPS) is 15.8. The van der Waals surface area contributed by atoms with Gasteiger partial charge < -0.3 is 15.0 Å². The summed E-state index contributed by atoms with van der Waals surface area (Å²) in [6, 6.07) is 21.7. The van der Waals surface area contributed by atoms with Crippen LogP contribution < -0.4 is 10.6 Å². The van der Waals surface area contributed by atoms with E-state index in [1.807, 2.05) is 19.9 Å². The van der Waals surface area contributed by atoms with Crippen LogP contribution in [-0.2, 0) is 16.1 Å². The second-order valence-corrected chi connectivity index (χ2v) is 11.0. The first kappa shape index (κ1) is 26.8. The molecule has 5 rings (SSSR count). The molecule has 3 N–H and O–H groups in total. The summed E-state index contributed by atoms with van der Waals surface area (Å²) in [6.45, 7) is 8.81. The molecule has 2 aromatic carbocycles. The molecule has 8 nitrogen and oxygen atoms in total. The van der Waals surface area contributed by atoms with Crippen LogP contribution in [0.15, 0.2) is 67.0 Å². The number of likely N-dealkylation sites (tertiary alicyclic amines) is 1. The number of rotatable bonds is 9. The number of carbonyl (C=O) groups excluding carboxylic acids is 1. The number of nitrogens with zero attached hydrogens (tertiary/aromatic N) is 3. The largest absolute Gasteiger partial charge is 0.468 e. The number of hydrogen-bond donors (Lipinski definition) is 3. The first-order valence-corrected chi connectivity index (χ1v) is 13.7. The van der Waals surface area contributed by atoms with Gasteiger partial charge in [-0.15, -0.1) is 0 Å². The van der Waals surface area contributed by atoms with E-state index in [9.17, 15) is 4.79 Å². The summed E-state index contributed by atoms with van der Waals surface area (Å²) in [5, 5.41) is 7.99. The Morgan fingerprint density at radius 3 is 2.51 bits per heavy atom. The number of carbonyl (C=O) groups is 1. The molecule has 1 aliphatic rings. The summed E-state index contributed by atoms with van der Waals surface area (Å²) in [5.41, 5.74) is 4.79. The van der Waals surface area contributed by atoms with Crippen molar-refractivity contribution in [3.05, 3.63) is 78.1 Å². The monoisotopic (exact) mass is 526 g/mol. The molecule has 3 heterocycles. The Balaban J connectivity index is 1.20. The number of hydrogen-bond acceptors (Lipinski definition) is 7. The van der Waals surface area contributed by atoms with Gasteiger partial charge in [0, 0.05) is 24.3 Å². The van der Waals surface area contributed by atoms with E-state index in [4.69, 9.17) is 4.74 Å². The molecule has 204 valence electrons. The number of aromatic amines is 1. The highest BCUT2D eigenvalue weighted by Gasteiger charge is 2.32. The zero-order chi connectivity index (χ0) is 27.4. The molecular weight excluding hydrogens is 488 g/mol. The van der Waals surface area contributed by atoms with Gasteiger partial charge in [0.25, 0.3) is 0 Å². The second-order valence-electron chi connectivity index (χ2n) is 11.0. The van der Waals surface area contributed by atoms with Crippen molar-refractivity contribution in [1.82, 2.24) is 25.2 Å². The van der Waals surface area contributed by atoms with Gasteiger partial charge in [0.05, 0.1) is 12.5 Å². The predicted molar refractivity (Wildman–Crippen MR) is 155 cm³/mol. The number of methoxy groups -OCH3 is 1. The molecule has 0 unspecified atom stereocenters. The number of H-pyrrole nitrogens is 1. The minimum absolute atomic E-state index is 0.127. The summed E-state index contributed by atoms with van der Waals surface area (Å²) in [4.78, 5) is 26.9. The Labute approximate surface area is 230 Å². The molecule has 1 saturated heterocycles. The van der Waals surface area contributed by atoms with Crippen molar-refractivity contribution in [2.24, 2.45) is 0 Å². The average molecular weight is 527 g/mol. The lowest BCUT2D eigenvalue weighted by molar-refractivity contribution is -0.147. The number of ether oxygens (including phenoxy) is 1. The molecule has 0 aliphatic carbocycles. The standard InChI is InChI=1S/C31H38N6O2/c1-21(23-8-6-5-7-9-23)34-28-26-18-27(35-29(26)33-20-32-28)24-12-10-22(11-13-24)19-37-16-14-25(15-17-37)36-31(2,3)30(38)39-4/h5-13,18,20-21,25,36H,14-17,19H2,1-4H3,(H2,32,33,34,35)/t21-/m1/s1. The van der Waals surface area contributed by atoms with E-state index in [1.165, 1.54) is 18.2 Å². The molecule has 0 radical (unpaired) electrons. The lowest BCUT2D eigenvalue weighted by Gasteiger charge is -2.36. The minimum Gasteiger partial charge on any atom is -0.468 e. The number of esters is 1. The van der Waals surface area contributed by atoms with E-state index in [0.29, 0.717) is 6.04 Å². The minimum atomic E-state index is -0.664. The van der Waals surface area contributed by atoms with Crippen LogP contribution in [0.3, 0.4) is 0 Å². The van der Waals surface area contributed by atoms with Crippen LogP contribution in [0.2, 0.25) is 0 Å². The molecule has 0 bridgehead atoms. The van der Waals surface area contributed by atoms with Gasteiger partial charge >= 0.3 is 5.97 Å². The highest BCUT2D eigenvalue weighted by Crippen LogP contribution is 2.29. The zero-order valence-electron chi connectivity index (χ0n) is 23.2. The van der Waals surface area contributed by atoms with Gasteiger partial charge in [-0.25, -0.2) is 9.97 Å². The molecule has 39 heavy (non-hydrogen) atoms. The van der Waals surface area contributed by atoms with Crippen LogP contribution in [0.5, 0.6) is 0 Å². The van der Waals surface area contributed by atoms with E-state index in [1.54, 1.807) is 6.33 Å². The highest BCUT2D eigenvalue weighted by atomic mass is 16.5. The summed E-state index contributed by atoms with van der Waals surface area (Å²) in [5.74, 6) is 0.601. The number of piperidine rings is 1. The smallest absolute Gasteiger partial charge is 0.325 e. The van der Waals surface area contributed by atoms with Gasteiger partial charge in [-0.1, -0.05) is 54.6 Å². The maximum absolute atomic E-state index is 12.0. The highest BCUT2D eigenvalue weighted by molar-refractivity contribution is 5.91. The third kappa shape index (κ3) is 6.29. The fourth-order valence-electron chi connectivity index (χ4n) is 5.35. The number of nitrogens with one attached hydrogen (secondary N) is 3. The van der Waals surface area contributed by atoms with Crippen LogP contribution >= 0.6 is 0 Å². The van der Waals surface area contributed by atoms with Crippen LogP contribution in [0.1, 0.15) is 50.8 Å². The quantitative estimate of drug-likeness (QED) is 0.255. The molecule has 1 aliphatic heterocycles. The Morgan fingerprint density at radius 1 is 1.10 bits per heavy atom. The third-order valence-corrected chi connectivity index (χ3v) is 7.60. The predicted octanol–water partition coefficient (Wildman–Crippen LogP) is 5.30. The Hall–Kier alpha value is -3.75. The molecular formula is C31H38N6O2. The molecule has 0 spiro atoms. The van der Waals surface area contributed by atoms with E-state index in [0.717, 1.165) is 60.6 Å². The molecule has 2 aromatic heterocycles. The van der Waals surface area contributed by atoms with Gasteiger partial charge in [-0.3, -0.25) is 15.0 Å². The first-order valence-electron chi connectivity index (χ1n) is 13.7. The SMILES string of the molecule is COC(=O)C(C)(C)NC1CCN(Cc2ccc(-c3cc4c(N[C@H](C)c5ccccc5)ncnc4[nH]3)cc2)CC1. The van der Waals surface area contributed by atoms with Gasteiger partial charge in [-0.2, -0.15) is 0 Å². The molecule has 4 aromatic rings. The third-order valence-electron chi connectivity index (χ3n) is 7.60. The van der Waals surface area contributed by atoms with E-state index in [2.05, 4.69) is 92.0 Å². The second kappa shape index (κ2) is 11.6. The summed E-state index contributed by atoms with van der Waals surface area (Å²) >= 11 is 0. The Bertz CT molecular complexity index is 1390. The van der Waals surface area contributed by atoms with Gasteiger partial charge in [0.15, 0.2) is 0 Å². The van der Waals surface area contributed by atoms with Crippen molar-refractivity contribution in [3.8, 4) is 11.3 Å². The van der Waals surface area contributed by atoms with Crippen molar-refractivity contribution < 1.29 is 9.53 Å². The number of aromatic nitrogens is 3. The van der Waals surface area contributed by atoms with Crippen LogP contribution in [-0.4, -0.2) is 57.6 Å². The molecule has 8 heteroatoms. The van der Waals surface area contributed by atoms with Crippen molar-refractivity contribution in [3.63, 3.8) is 0 Å². The Kier molecular flexibility index (Phi) is 7.95. The van der Waals surface area contributed by atoms with Crippen LogP contribution in [0.25, 0.3) is 22.3 Å². The molecule has 1 atom stereocenters. The van der Waals surface area contributed by atoms with Crippen molar-refractivity contribution in [2.45, 2.75) is 57.8 Å². The molecule has 1 fully saturated rings. The van der Waals surface area contributed by atoms with Crippen molar-refractivity contribution in [1.29, 1.82) is 0 Å². The van der Waals surface area contributed by atoms with Gasteiger partial charge in [0.2, 0.25) is 0 Å². The van der Waals surface area contributed by atoms with E-state index < -0.39 is 5.54 Å². The zero-order valence-corrected chi connectivity index (χ0v) is 23.2. The average Bonchev–Trinajstić information content (AvgIpc) is 3.40. The number of anilines is 1. The molecule has 0 saturated carbocycles. The van der Waals surface area contributed by atoms with Gasteiger partial charge in [0.1, 0.15) is 23.3 Å². The number of benzene rings is 2. The summed E-state index contributed by atoms with van der Waals surface area (Å²) in [7, 11) is 1.44. The fourth-order valence-corrected chi connectivity index (χ4v) is 5.35. The van der Waals surface area contributed by atoms with Crippen molar-refractivity contribution in [2.75, 3.05) is 25.5 Å². The summed E-state index contributed by atoms with van der Waals surface area (Å²) < 4.78 is 4.93. The number of fused-ring (bicyclic) bond motifs is 1.